The molecule has 0 aliphatic heterocycles. The number of para-hydroxylation sites is 1. The van der Waals surface area contributed by atoms with Gasteiger partial charge < -0.3 is 11.1 Å². The molecule has 1 atom stereocenters. The first-order chi connectivity index (χ1) is 9.65. The van der Waals surface area contributed by atoms with Crippen molar-refractivity contribution in [1.29, 1.82) is 0 Å². The SMILES string of the molecule is CCC(CN)C(=O)Nc1ccccc1CN(CC)CC. The summed E-state index contributed by atoms with van der Waals surface area (Å²) in [7, 11) is 0. The van der Waals surface area contributed by atoms with Gasteiger partial charge in [0.05, 0.1) is 5.92 Å². The topological polar surface area (TPSA) is 58.4 Å². The van der Waals surface area contributed by atoms with Crippen LogP contribution in [0.3, 0.4) is 0 Å². The third kappa shape index (κ3) is 4.62. The lowest BCUT2D eigenvalue weighted by atomic mass is 10.1. The van der Waals surface area contributed by atoms with Gasteiger partial charge in [0, 0.05) is 18.8 Å². The number of anilines is 1. The Morgan fingerprint density at radius 1 is 1.25 bits per heavy atom. The Morgan fingerprint density at radius 3 is 2.45 bits per heavy atom. The largest absolute Gasteiger partial charge is 0.330 e. The average Bonchev–Trinajstić information content (AvgIpc) is 2.47. The van der Waals surface area contributed by atoms with Crippen molar-refractivity contribution in [1.82, 2.24) is 4.90 Å². The van der Waals surface area contributed by atoms with Crippen LogP contribution in [0.2, 0.25) is 0 Å². The number of rotatable bonds is 8. The first-order valence-corrected chi connectivity index (χ1v) is 7.47. The highest BCUT2D eigenvalue weighted by molar-refractivity contribution is 5.93. The number of amides is 1. The van der Waals surface area contributed by atoms with Gasteiger partial charge in [0.15, 0.2) is 0 Å². The Kier molecular flexibility index (Phi) is 7.26. The minimum Gasteiger partial charge on any atom is -0.330 e. The van der Waals surface area contributed by atoms with Crippen LogP contribution in [-0.2, 0) is 11.3 Å². The fourth-order valence-corrected chi connectivity index (χ4v) is 2.16. The summed E-state index contributed by atoms with van der Waals surface area (Å²) in [5, 5.41) is 3.02. The molecule has 0 saturated heterocycles. The van der Waals surface area contributed by atoms with Gasteiger partial charge in [-0.2, -0.15) is 0 Å². The lowest BCUT2D eigenvalue weighted by Gasteiger charge is -2.21. The standard InChI is InChI=1S/C16H27N3O/c1-4-13(11-17)16(20)18-15-10-8-7-9-14(15)12-19(5-2)6-3/h7-10,13H,4-6,11-12,17H2,1-3H3,(H,18,20). The van der Waals surface area contributed by atoms with E-state index in [-0.39, 0.29) is 11.8 Å². The summed E-state index contributed by atoms with van der Waals surface area (Å²) in [4.78, 5) is 14.5. The molecule has 0 fully saturated rings. The maximum Gasteiger partial charge on any atom is 0.228 e. The van der Waals surface area contributed by atoms with Gasteiger partial charge in [-0.25, -0.2) is 0 Å². The predicted octanol–water partition coefficient (Wildman–Crippen LogP) is 2.45. The van der Waals surface area contributed by atoms with E-state index in [9.17, 15) is 4.79 Å². The maximum atomic E-state index is 12.1. The quantitative estimate of drug-likeness (QED) is 0.767. The summed E-state index contributed by atoms with van der Waals surface area (Å²) in [5.41, 5.74) is 7.68. The van der Waals surface area contributed by atoms with Crippen LogP contribution in [0.25, 0.3) is 0 Å². The number of carbonyl (C=O) groups is 1. The Morgan fingerprint density at radius 2 is 1.90 bits per heavy atom. The van der Waals surface area contributed by atoms with Crippen LogP contribution in [0.15, 0.2) is 24.3 Å². The normalized spacial score (nSPS) is 12.4. The van der Waals surface area contributed by atoms with Gasteiger partial charge in [0.25, 0.3) is 0 Å². The van der Waals surface area contributed by atoms with Crippen molar-refractivity contribution < 1.29 is 4.79 Å². The van der Waals surface area contributed by atoms with E-state index >= 15 is 0 Å². The molecule has 0 bridgehead atoms. The number of hydrogen-bond donors (Lipinski definition) is 2. The van der Waals surface area contributed by atoms with Crippen molar-refractivity contribution in [2.45, 2.75) is 33.7 Å². The van der Waals surface area contributed by atoms with E-state index in [1.807, 2.05) is 25.1 Å². The summed E-state index contributed by atoms with van der Waals surface area (Å²) < 4.78 is 0. The van der Waals surface area contributed by atoms with E-state index in [1.165, 1.54) is 0 Å². The van der Waals surface area contributed by atoms with Gasteiger partial charge in [0.1, 0.15) is 0 Å². The summed E-state index contributed by atoms with van der Waals surface area (Å²) in [6.45, 7) is 9.51. The van der Waals surface area contributed by atoms with Crippen LogP contribution >= 0.6 is 0 Å². The molecule has 0 spiro atoms. The van der Waals surface area contributed by atoms with Crippen molar-refractivity contribution in [3.8, 4) is 0 Å². The van der Waals surface area contributed by atoms with E-state index in [2.05, 4.69) is 30.1 Å². The second-order valence-electron chi connectivity index (χ2n) is 4.95. The highest BCUT2D eigenvalue weighted by atomic mass is 16.1. The number of carbonyl (C=O) groups excluding carboxylic acids is 1. The lowest BCUT2D eigenvalue weighted by Crippen LogP contribution is -2.29. The van der Waals surface area contributed by atoms with Crippen molar-refractivity contribution in [3.63, 3.8) is 0 Å². The number of nitrogens with two attached hydrogens (primary N) is 1. The van der Waals surface area contributed by atoms with E-state index in [1.54, 1.807) is 0 Å². The molecule has 3 N–H and O–H groups in total. The van der Waals surface area contributed by atoms with Gasteiger partial charge in [0.2, 0.25) is 5.91 Å². The number of benzene rings is 1. The molecule has 1 aromatic rings. The molecule has 112 valence electrons. The molecule has 1 aromatic carbocycles. The third-order valence-electron chi connectivity index (χ3n) is 3.71. The molecular weight excluding hydrogens is 250 g/mol. The van der Waals surface area contributed by atoms with Crippen LogP contribution in [0.1, 0.15) is 32.8 Å². The number of hydrogen-bond acceptors (Lipinski definition) is 3. The number of nitrogens with one attached hydrogen (secondary N) is 1. The Balaban J connectivity index is 2.82. The molecule has 0 heterocycles. The second-order valence-corrected chi connectivity index (χ2v) is 4.95. The minimum absolute atomic E-state index is 0.0157. The van der Waals surface area contributed by atoms with Crippen molar-refractivity contribution in [2.24, 2.45) is 11.7 Å². The Bertz CT molecular complexity index is 412. The number of nitrogens with zero attached hydrogens (tertiary/aromatic N) is 1. The zero-order chi connectivity index (χ0) is 15.0. The average molecular weight is 277 g/mol. The van der Waals surface area contributed by atoms with Crippen LogP contribution in [-0.4, -0.2) is 30.4 Å². The van der Waals surface area contributed by atoms with Crippen LogP contribution in [0, 0.1) is 5.92 Å². The highest BCUT2D eigenvalue weighted by Gasteiger charge is 2.16. The second kappa shape index (κ2) is 8.72. The molecule has 4 nitrogen and oxygen atoms in total. The summed E-state index contributed by atoms with van der Waals surface area (Å²) in [6, 6.07) is 7.98. The monoisotopic (exact) mass is 277 g/mol. The fourth-order valence-electron chi connectivity index (χ4n) is 2.16. The summed E-state index contributed by atoms with van der Waals surface area (Å²) in [5.74, 6) is -0.0986. The lowest BCUT2D eigenvalue weighted by molar-refractivity contribution is -0.119. The van der Waals surface area contributed by atoms with Gasteiger partial charge >= 0.3 is 0 Å². The van der Waals surface area contributed by atoms with Gasteiger partial charge in [-0.3, -0.25) is 9.69 Å². The molecule has 0 aromatic heterocycles. The van der Waals surface area contributed by atoms with Crippen LogP contribution < -0.4 is 11.1 Å². The molecule has 1 amide bonds. The smallest absolute Gasteiger partial charge is 0.228 e. The molecule has 20 heavy (non-hydrogen) atoms. The van der Waals surface area contributed by atoms with E-state index < -0.39 is 0 Å². The molecular formula is C16H27N3O. The van der Waals surface area contributed by atoms with Crippen molar-refractivity contribution in [3.05, 3.63) is 29.8 Å². The van der Waals surface area contributed by atoms with E-state index in [0.717, 1.165) is 37.3 Å². The molecule has 0 saturated carbocycles. The van der Waals surface area contributed by atoms with Gasteiger partial charge in [-0.1, -0.05) is 39.0 Å². The molecule has 0 aliphatic rings. The Labute approximate surface area is 122 Å². The molecule has 0 radical (unpaired) electrons. The maximum absolute atomic E-state index is 12.1. The molecule has 1 unspecified atom stereocenters. The fraction of sp³-hybridized carbons (Fsp3) is 0.562. The highest BCUT2D eigenvalue weighted by Crippen LogP contribution is 2.18. The summed E-state index contributed by atoms with van der Waals surface area (Å²) >= 11 is 0. The van der Waals surface area contributed by atoms with Crippen molar-refractivity contribution >= 4 is 11.6 Å². The first kappa shape index (κ1) is 16.7. The first-order valence-electron chi connectivity index (χ1n) is 7.47. The Hall–Kier alpha value is -1.39. The molecule has 0 aliphatic carbocycles. The summed E-state index contributed by atoms with van der Waals surface area (Å²) in [6.07, 6.45) is 0.764. The van der Waals surface area contributed by atoms with Crippen molar-refractivity contribution in [2.75, 3.05) is 25.0 Å². The van der Waals surface area contributed by atoms with Gasteiger partial charge in [-0.05, 0) is 31.1 Å². The van der Waals surface area contributed by atoms with E-state index in [4.69, 9.17) is 5.73 Å². The van der Waals surface area contributed by atoms with Crippen LogP contribution in [0.4, 0.5) is 5.69 Å². The van der Waals surface area contributed by atoms with E-state index in [0.29, 0.717) is 6.54 Å². The molecule has 1 rings (SSSR count). The third-order valence-corrected chi connectivity index (χ3v) is 3.71. The zero-order valence-electron chi connectivity index (χ0n) is 12.9. The van der Waals surface area contributed by atoms with Gasteiger partial charge in [-0.15, -0.1) is 0 Å². The van der Waals surface area contributed by atoms with Crippen LogP contribution in [0.5, 0.6) is 0 Å². The molecule has 4 heteroatoms. The zero-order valence-corrected chi connectivity index (χ0v) is 12.9. The predicted molar refractivity (Wildman–Crippen MR) is 84.5 cm³/mol. The minimum atomic E-state index is -0.114.